The number of rotatable bonds is 4. The van der Waals surface area contributed by atoms with Gasteiger partial charge in [-0.05, 0) is 30.4 Å². The van der Waals surface area contributed by atoms with E-state index in [1.807, 2.05) is 6.07 Å². The first-order chi connectivity index (χ1) is 18.5. The third kappa shape index (κ3) is 6.48. The third-order valence-electron chi connectivity index (χ3n) is 7.30. The molecule has 1 aliphatic rings. The molecule has 0 N–H and O–H groups in total. The quantitative estimate of drug-likeness (QED) is 0.135. The van der Waals surface area contributed by atoms with Crippen LogP contribution in [0.15, 0.2) is 91.0 Å². The van der Waals surface area contributed by atoms with E-state index in [1.54, 1.807) is 0 Å². The standard InChI is InChI=1S/C22H25.C12H7Si.2ClH.Zr/c1-5-15(3)19-13-18-12-11-16(4)22(21(18)14-19)20-10-8-7-9-17(20)6-2;1-3-7-11-9(5-1)10-6-2-4-8-12(10)13-11;;;/h7-15H,5-6H2,1-4H3;1-7H;2*1H;/q2*-1;;;+4/p-2. The number of halogens is 2. The zero-order chi connectivity index (χ0) is 27.1. The Morgan fingerprint density at radius 3 is 2.32 bits per heavy atom. The molecule has 0 amide bonds. The largest absolute Gasteiger partial charge is 0.184 e. The Morgan fingerprint density at radius 2 is 1.58 bits per heavy atom. The zero-order valence-corrected chi connectivity index (χ0v) is 27.4. The van der Waals surface area contributed by atoms with Crippen molar-refractivity contribution in [2.75, 3.05) is 0 Å². The second-order valence-corrected chi connectivity index (χ2v) is 14.6. The molecule has 0 nitrogen and oxygen atoms in total. The minimum atomic E-state index is -0.826. The monoisotopic (exact) mass is 628 g/mol. The second-order valence-electron chi connectivity index (χ2n) is 9.57. The fraction of sp³-hybridized carbons (Fsp3) is 0.206. The fourth-order valence-corrected chi connectivity index (χ4v) is 6.40. The van der Waals surface area contributed by atoms with Crippen LogP contribution in [0.5, 0.6) is 0 Å². The van der Waals surface area contributed by atoms with Crippen molar-refractivity contribution < 1.29 is 20.8 Å². The summed E-state index contributed by atoms with van der Waals surface area (Å²) in [5.41, 5.74) is 9.86. The van der Waals surface area contributed by atoms with Crippen LogP contribution in [0.25, 0.3) is 33.0 Å². The molecule has 38 heavy (non-hydrogen) atoms. The summed E-state index contributed by atoms with van der Waals surface area (Å²) in [6.07, 6.45) is 2.26. The number of benzene rings is 4. The summed E-state index contributed by atoms with van der Waals surface area (Å²) >= 11 is -0.826. The summed E-state index contributed by atoms with van der Waals surface area (Å²) < 4.78 is 0. The van der Waals surface area contributed by atoms with Crippen molar-refractivity contribution in [2.24, 2.45) is 0 Å². The smallest absolute Gasteiger partial charge is 0.0920 e. The second kappa shape index (κ2) is 14.0. The Balaban J connectivity index is 0.000000177. The molecule has 1 atom stereocenters. The maximum absolute atomic E-state index is 4.93. The van der Waals surface area contributed by atoms with Crippen molar-refractivity contribution in [3.63, 3.8) is 0 Å². The van der Waals surface area contributed by atoms with E-state index in [0.29, 0.717) is 5.92 Å². The maximum Gasteiger partial charge on any atom is 0.0920 e. The van der Waals surface area contributed by atoms with Crippen molar-refractivity contribution in [1.82, 2.24) is 0 Å². The summed E-state index contributed by atoms with van der Waals surface area (Å²) in [6.45, 7) is 9.06. The molecule has 5 aromatic carbocycles. The molecule has 1 heterocycles. The molecule has 0 saturated carbocycles. The van der Waals surface area contributed by atoms with Crippen LogP contribution in [-0.2, 0) is 27.3 Å². The van der Waals surface area contributed by atoms with Gasteiger partial charge >= 0.3 is 37.9 Å². The molecule has 0 fully saturated rings. The van der Waals surface area contributed by atoms with Crippen molar-refractivity contribution in [1.29, 1.82) is 0 Å². The van der Waals surface area contributed by atoms with Gasteiger partial charge in [-0.15, -0.1) is 40.1 Å². The van der Waals surface area contributed by atoms with Crippen molar-refractivity contribution >= 4 is 47.7 Å². The zero-order valence-electron chi connectivity index (χ0n) is 22.4. The van der Waals surface area contributed by atoms with E-state index in [2.05, 4.69) is 119 Å². The van der Waals surface area contributed by atoms with Crippen molar-refractivity contribution in [2.45, 2.75) is 46.5 Å². The Morgan fingerprint density at radius 1 is 0.895 bits per heavy atom. The van der Waals surface area contributed by atoms with Crippen LogP contribution >= 0.6 is 17.0 Å². The van der Waals surface area contributed by atoms with Crippen LogP contribution in [0.2, 0.25) is 0 Å². The first-order valence-corrected chi connectivity index (χ1v) is 20.5. The molecule has 0 aliphatic carbocycles. The van der Waals surface area contributed by atoms with Gasteiger partial charge in [0.2, 0.25) is 0 Å². The van der Waals surface area contributed by atoms with E-state index in [-0.39, 0.29) is 0 Å². The molecule has 2 radical (unpaired) electrons. The van der Waals surface area contributed by atoms with Crippen LogP contribution in [0, 0.1) is 13.0 Å². The molecule has 190 valence electrons. The molecule has 0 aromatic heterocycles. The van der Waals surface area contributed by atoms with E-state index in [4.69, 9.17) is 17.0 Å². The molecule has 4 heteroatoms. The van der Waals surface area contributed by atoms with Gasteiger partial charge in [0.1, 0.15) is 0 Å². The predicted octanol–water partition coefficient (Wildman–Crippen LogP) is 9.11. The van der Waals surface area contributed by atoms with Gasteiger partial charge in [-0.25, -0.2) is 0 Å². The van der Waals surface area contributed by atoms with Crippen LogP contribution in [0.3, 0.4) is 0 Å². The normalized spacial score (nSPS) is 11.8. The Kier molecular flexibility index (Phi) is 10.7. The molecule has 0 bridgehead atoms. The molecular formula is C34H32Cl2SiZr. The van der Waals surface area contributed by atoms with Crippen LogP contribution in [0.4, 0.5) is 0 Å². The average Bonchev–Trinajstić information content (AvgIpc) is 3.55. The van der Waals surface area contributed by atoms with Gasteiger partial charge in [0.05, 0.1) is 9.52 Å². The summed E-state index contributed by atoms with van der Waals surface area (Å²) in [7, 11) is 10.7. The number of aryl methyl sites for hydroxylation is 2. The van der Waals surface area contributed by atoms with Crippen LogP contribution < -0.4 is 10.4 Å². The van der Waals surface area contributed by atoms with Crippen molar-refractivity contribution in [3.8, 4) is 22.3 Å². The molecular weight excluding hydrogens is 599 g/mol. The van der Waals surface area contributed by atoms with Gasteiger partial charge in [-0.2, -0.15) is 35.5 Å². The number of hydrogen-bond acceptors (Lipinski definition) is 0. The minimum absolute atomic E-state index is 0.627. The van der Waals surface area contributed by atoms with Gasteiger partial charge in [0, 0.05) is 0 Å². The summed E-state index contributed by atoms with van der Waals surface area (Å²) in [5, 5.41) is 5.61. The molecule has 1 aliphatic heterocycles. The Hall–Kier alpha value is -1.83. The topological polar surface area (TPSA) is 0 Å². The van der Waals surface area contributed by atoms with Crippen molar-refractivity contribution in [3.05, 3.63) is 114 Å². The van der Waals surface area contributed by atoms with Gasteiger partial charge in [0.25, 0.3) is 0 Å². The van der Waals surface area contributed by atoms with Crippen LogP contribution in [-0.4, -0.2) is 9.52 Å². The van der Waals surface area contributed by atoms with E-state index >= 15 is 0 Å². The van der Waals surface area contributed by atoms with E-state index < -0.39 is 20.8 Å². The summed E-state index contributed by atoms with van der Waals surface area (Å²) in [4.78, 5) is 0. The van der Waals surface area contributed by atoms with E-state index in [1.165, 1.54) is 66.5 Å². The van der Waals surface area contributed by atoms with Crippen LogP contribution in [0.1, 0.15) is 49.8 Å². The Bertz CT molecular complexity index is 1460. The number of fused-ring (bicyclic) bond motifs is 4. The average molecular weight is 631 g/mol. The minimum Gasteiger partial charge on any atom is -0.184 e. The van der Waals surface area contributed by atoms with Gasteiger partial charge in [-0.1, -0.05) is 97.6 Å². The van der Waals surface area contributed by atoms with Gasteiger partial charge < -0.3 is 0 Å². The van der Waals surface area contributed by atoms with E-state index in [0.717, 1.165) is 15.9 Å². The first-order valence-electron chi connectivity index (χ1n) is 13.1. The molecule has 1 unspecified atom stereocenters. The third-order valence-corrected chi connectivity index (χ3v) is 8.67. The summed E-state index contributed by atoms with van der Waals surface area (Å²) in [6, 6.07) is 36.3. The maximum atomic E-state index is 4.93. The molecule has 6 rings (SSSR count). The first kappa shape index (κ1) is 29.2. The summed E-state index contributed by atoms with van der Waals surface area (Å²) in [5.74, 6) is 0.627. The SMILES string of the molecule is CCc1ccccc1-c1c(C)ccc2[cH-]c(C(C)CC)cc12.[Cl][Zr+2][Cl].[c-]1cccc2c1[Si]c1ccccc1-2. The molecule has 0 spiro atoms. The predicted molar refractivity (Wildman–Crippen MR) is 165 cm³/mol. The van der Waals surface area contributed by atoms with Gasteiger partial charge in [0.15, 0.2) is 0 Å². The number of hydrogen-bond donors (Lipinski definition) is 0. The fourth-order valence-electron chi connectivity index (χ4n) is 5.09. The Labute approximate surface area is 249 Å². The molecule has 5 aromatic rings. The molecule has 0 saturated heterocycles. The van der Waals surface area contributed by atoms with Gasteiger partial charge in [-0.3, -0.25) is 0 Å². The van der Waals surface area contributed by atoms with E-state index in [9.17, 15) is 0 Å².